The van der Waals surface area contributed by atoms with Gasteiger partial charge in [-0.15, -0.1) is 0 Å². The molecule has 0 radical (unpaired) electrons. The van der Waals surface area contributed by atoms with Crippen molar-refractivity contribution >= 4 is 17.6 Å². The number of benzene rings is 1. The van der Waals surface area contributed by atoms with Crippen LogP contribution in [0.2, 0.25) is 5.02 Å². The molecule has 0 aliphatic carbocycles. The van der Waals surface area contributed by atoms with E-state index in [1.807, 2.05) is 0 Å². The first-order valence-electron chi connectivity index (χ1n) is 4.68. The molecule has 0 spiro atoms. The summed E-state index contributed by atoms with van der Waals surface area (Å²) in [5.74, 6) is 0.143. The predicted octanol–water partition coefficient (Wildman–Crippen LogP) is 3.46. The van der Waals surface area contributed by atoms with Crippen molar-refractivity contribution in [3.05, 3.63) is 52.9 Å². The Kier molecular flexibility index (Phi) is 2.97. The summed E-state index contributed by atoms with van der Waals surface area (Å²) in [6, 6.07) is 8.26. The Labute approximate surface area is 97.6 Å². The van der Waals surface area contributed by atoms with Gasteiger partial charge in [0.05, 0.1) is 6.26 Å². The molecular weight excluding hydrogens is 228 g/mol. The fraction of sp³-hybridized carbons (Fsp3) is 0.0833. The zero-order valence-corrected chi connectivity index (χ0v) is 9.32. The number of hydrogen-bond donors (Lipinski definition) is 0. The number of ether oxygens (including phenoxy) is 1. The third-order valence-corrected chi connectivity index (χ3v) is 2.32. The van der Waals surface area contributed by atoms with E-state index in [2.05, 4.69) is 0 Å². The first-order chi connectivity index (χ1) is 7.66. The maximum atomic E-state index is 11.6. The van der Waals surface area contributed by atoms with Crippen LogP contribution in [-0.4, -0.2) is 5.97 Å². The van der Waals surface area contributed by atoms with Crippen molar-refractivity contribution < 1.29 is 13.9 Å². The van der Waals surface area contributed by atoms with Gasteiger partial charge in [0.25, 0.3) is 0 Å². The molecule has 2 aromatic rings. The Hall–Kier alpha value is -1.74. The van der Waals surface area contributed by atoms with Crippen LogP contribution in [0.3, 0.4) is 0 Å². The van der Waals surface area contributed by atoms with E-state index in [4.69, 9.17) is 20.8 Å². The Morgan fingerprint density at radius 2 is 1.94 bits per heavy atom. The zero-order valence-electron chi connectivity index (χ0n) is 8.57. The van der Waals surface area contributed by atoms with Gasteiger partial charge in [0.15, 0.2) is 0 Å². The fourth-order valence-electron chi connectivity index (χ4n) is 1.24. The van der Waals surface area contributed by atoms with Crippen molar-refractivity contribution in [2.45, 2.75) is 6.92 Å². The van der Waals surface area contributed by atoms with Crippen LogP contribution in [0.4, 0.5) is 0 Å². The third kappa shape index (κ3) is 2.25. The van der Waals surface area contributed by atoms with Crippen LogP contribution in [0.1, 0.15) is 16.1 Å². The number of carbonyl (C=O) groups is 1. The quantitative estimate of drug-likeness (QED) is 0.592. The zero-order chi connectivity index (χ0) is 11.5. The summed E-state index contributed by atoms with van der Waals surface area (Å²) in [4.78, 5) is 11.6. The Bertz CT molecular complexity index is 499. The molecule has 0 saturated carbocycles. The molecule has 1 heterocycles. The lowest BCUT2D eigenvalue weighted by atomic mass is 10.3. The minimum atomic E-state index is -0.509. The minimum Gasteiger partial charge on any atom is -0.457 e. The minimum absolute atomic E-state index is 0.218. The second-order valence-electron chi connectivity index (χ2n) is 3.28. The number of aryl methyl sites for hydroxylation is 1. The summed E-state index contributed by atoms with van der Waals surface area (Å²) in [6.45, 7) is 1.78. The monoisotopic (exact) mass is 236 g/mol. The van der Waals surface area contributed by atoms with E-state index in [1.165, 1.54) is 6.26 Å². The molecule has 16 heavy (non-hydrogen) atoms. The molecule has 0 amide bonds. The topological polar surface area (TPSA) is 39.4 Å². The molecule has 82 valence electrons. The SMILES string of the molecule is Cc1ccoc1C(=O)Oc1ccc(Cl)cc1. The normalized spacial score (nSPS) is 10.1. The molecule has 0 aliphatic heterocycles. The molecule has 2 rings (SSSR count). The Morgan fingerprint density at radius 1 is 1.25 bits per heavy atom. The Morgan fingerprint density at radius 3 is 2.50 bits per heavy atom. The van der Waals surface area contributed by atoms with E-state index in [1.54, 1.807) is 37.3 Å². The van der Waals surface area contributed by atoms with Crippen molar-refractivity contribution in [1.82, 2.24) is 0 Å². The smallest absolute Gasteiger partial charge is 0.379 e. The number of rotatable bonds is 2. The maximum absolute atomic E-state index is 11.6. The van der Waals surface area contributed by atoms with Crippen molar-refractivity contribution in [2.24, 2.45) is 0 Å². The van der Waals surface area contributed by atoms with Crippen molar-refractivity contribution in [1.29, 1.82) is 0 Å². The number of halogens is 1. The van der Waals surface area contributed by atoms with Crippen LogP contribution in [0.15, 0.2) is 41.0 Å². The van der Waals surface area contributed by atoms with Crippen LogP contribution in [0.5, 0.6) is 5.75 Å². The summed E-state index contributed by atoms with van der Waals surface area (Å²) in [5.41, 5.74) is 0.749. The molecule has 0 bridgehead atoms. The summed E-state index contributed by atoms with van der Waals surface area (Å²) in [6.07, 6.45) is 1.45. The summed E-state index contributed by atoms with van der Waals surface area (Å²) in [5, 5.41) is 0.592. The van der Waals surface area contributed by atoms with Crippen molar-refractivity contribution in [2.75, 3.05) is 0 Å². The highest BCUT2D eigenvalue weighted by molar-refractivity contribution is 6.30. The summed E-state index contributed by atoms with van der Waals surface area (Å²) in [7, 11) is 0. The first kappa shape index (κ1) is 10.8. The number of carbonyl (C=O) groups excluding carboxylic acids is 1. The molecule has 0 atom stereocenters. The van der Waals surface area contributed by atoms with Crippen LogP contribution in [-0.2, 0) is 0 Å². The highest BCUT2D eigenvalue weighted by atomic mass is 35.5. The number of hydrogen-bond acceptors (Lipinski definition) is 3. The largest absolute Gasteiger partial charge is 0.457 e. The lowest BCUT2D eigenvalue weighted by Gasteiger charge is -2.02. The van der Waals surface area contributed by atoms with Gasteiger partial charge in [0.1, 0.15) is 5.75 Å². The van der Waals surface area contributed by atoms with Crippen LogP contribution < -0.4 is 4.74 Å². The molecule has 0 N–H and O–H groups in total. The van der Waals surface area contributed by atoms with Gasteiger partial charge in [0.2, 0.25) is 5.76 Å². The molecule has 3 nitrogen and oxygen atoms in total. The molecule has 0 saturated heterocycles. The third-order valence-electron chi connectivity index (χ3n) is 2.07. The molecule has 0 aliphatic rings. The van der Waals surface area contributed by atoms with Gasteiger partial charge in [-0.3, -0.25) is 0 Å². The van der Waals surface area contributed by atoms with E-state index in [-0.39, 0.29) is 5.76 Å². The van der Waals surface area contributed by atoms with Gasteiger partial charge in [-0.2, -0.15) is 0 Å². The number of furan rings is 1. The van der Waals surface area contributed by atoms with Gasteiger partial charge >= 0.3 is 5.97 Å². The average Bonchev–Trinajstić information content (AvgIpc) is 2.68. The van der Waals surface area contributed by atoms with E-state index < -0.39 is 5.97 Å². The fourth-order valence-corrected chi connectivity index (χ4v) is 1.36. The molecule has 0 fully saturated rings. The summed E-state index contributed by atoms with van der Waals surface area (Å²) >= 11 is 5.71. The second kappa shape index (κ2) is 4.41. The van der Waals surface area contributed by atoms with Crippen LogP contribution in [0.25, 0.3) is 0 Å². The van der Waals surface area contributed by atoms with Crippen LogP contribution in [0, 0.1) is 6.92 Å². The standard InChI is InChI=1S/C12H9ClO3/c1-8-6-7-15-11(8)12(14)16-10-4-2-9(13)3-5-10/h2-7H,1H3. The van der Waals surface area contributed by atoms with Crippen LogP contribution >= 0.6 is 11.6 Å². The van der Waals surface area contributed by atoms with Crippen molar-refractivity contribution in [3.8, 4) is 5.75 Å². The van der Waals surface area contributed by atoms with Crippen molar-refractivity contribution in [3.63, 3.8) is 0 Å². The molecule has 4 heteroatoms. The Balaban J connectivity index is 2.14. The highest BCUT2D eigenvalue weighted by Crippen LogP contribution is 2.18. The molecule has 1 aromatic carbocycles. The first-order valence-corrected chi connectivity index (χ1v) is 5.06. The van der Waals surface area contributed by atoms with E-state index in [9.17, 15) is 4.79 Å². The number of esters is 1. The van der Waals surface area contributed by atoms with Gasteiger partial charge < -0.3 is 9.15 Å². The van der Waals surface area contributed by atoms with E-state index in [0.717, 1.165) is 5.56 Å². The second-order valence-corrected chi connectivity index (χ2v) is 3.71. The average molecular weight is 237 g/mol. The highest BCUT2D eigenvalue weighted by Gasteiger charge is 2.14. The van der Waals surface area contributed by atoms with Gasteiger partial charge in [-0.1, -0.05) is 11.6 Å². The molecular formula is C12H9ClO3. The lowest BCUT2D eigenvalue weighted by molar-refractivity contribution is 0.0700. The van der Waals surface area contributed by atoms with Gasteiger partial charge in [0, 0.05) is 10.6 Å². The summed E-state index contributed by atoms with van der Waals surface area (Å²) < 4.78 is 10.1. The molecule has 0 unspecified atom stereocenters. The van der Waals surface area contributed by atoms with Gasteiger partial charge in [-0.05, 0) is 37.3 Å². The molecule has 1 aromatic heterocycles. The van der Waals surface area contributed by atoms with E-state index >= 15 is 0 Å². The predicted molar refractivity (Wildman–Crippen MR) is 59.9 cm³/mol. The van der Waals surface area contributed by atoms with Gasteiger partial charge in [-0.25, -0.2) is 4.79 Å². The van der Waals surface area contributed by atoms with E-state index in [0.29, 0.717) is 10.8 Å². The maximum Gasteiger partial charge on any atom is 0.379 e. The lowest BCUT2D eigenvalue weighted by Crippen LogP contribution is -2.08.